The Balaban J connectivity index is 2.23. The van der Waals surface area contributed by atoms with Gasteiger partial charge in [0.25, 0.3) is 0 Å². The fraction of sp³-hybridized carbons (Fsp3) is 0. The summed E-state index contributed by atoms with van der Waals surface area (Å²) in [5.41, 5.74) is 0.939. The molecule has 0 spiro atoms. The molecule has 0 heterocycles. The van der Waals surface area contributed by atoms with Crippen molar-refractivity contribution in [2.45, 2.75) is 0 Å². The molecule has 4 heteroatoms. The molecule has 2 N–H and O–H groups in total. The number of anilines is 1. The predicted molar refractivity (Wildman–Crippen MR) is 63.6 cm³/mol. The van der Waals surface area contributed by atoms with Gasteiger partial charge in [0.15, 0.2) is 5.78 Å². The first-order valence-corrected chi connectivity index (χ1v) is 5.05. The standard InChI is InChI=1S/C13H11NO3/c15-12-7-6-10(13(16)8-12)9-14(17)11-4-2-1-3-5-11/h1-9,16-17H. The van der Waals surface area contributed by atoms with E-state index >= 15 is 0 Å². The lowest BCUT2D eigenvalue weighted by atomic mass is 10.1. The normalized spacial score (nSPS) is 17.1. The molecule has 1 aliphatic rings. The molecule has 1 aromatic carbocycles. The summed E-state index contributed by atoms with van der Waals surface area (Å²) in [7, 11) is 0. The summed E-state index contributed by atoms with van der Waals surface area (Å²) in [4.78, 5) is 10.9. The first kappa shape index (κ1) is 11.2. The molecule has 1 aromatic rings. The van der Waals surface area contributed by atoms with Crippen molar-refractivity contribution < 1.29 is 15.1 Å². The van der Waals surface area contributed by atoms with Gasteiger partial charge in [-0.2, -0.15) is 0 Å². The number of hydrogen-bond donors (Lipinski definition) is 2. The first-order chi connectivity index (χ1) is 8.16. The highest BCUT2D eigenvalue weighted by Crippen LogP contribution is 2.18. The van der Waals surface area contributed by atoms with Crippen LogP contribution >= 0.6 is 0 Å². The number of hydrogen-bond acceptors (Lipinski definition) is 4. The van der Waals surface area contributed by atoms with Crippen molar-refractivity contribution >= 4 is 11.5 Å². The number of nitrogens with zero attached hydrogens (tertiary/aromatic N) is 1. The largest absolute Gasteiger partial charge is 0.507 e. The molecule has 0 aliphatic heterocycles. The minimum absolute atomic E-state index is 0.160. The van der Waals surface area contributed by atoms with E-state index in [1.165, 1.54) is 18.4 Å². The smallest absolute Gasteiger partial charge is 0.182 e. The number of carbonyl (C=O) groups is 1. The summed E-state index contributed by atoms with van der Waals surface area (Å²) in [6.07, 6.45) is 5.21. The molecule has 17 heavy (non-hydrogen) atoms. The summed E-state index contributed by atoms with van der Waals surface area (Å²) in [5, 5.41) is 20.2. The summed E-state index contributed by atoms with van der Waals surface area (Å²) in [6.45, 7) is 0. The zero-order valence-electron chi connectivity index (χ0n) is 8.95. The summed E-state index contributed by atoms with van der Waals surface area (Å²) < 4.78 is 0. The summed E-state index contributed by atoms with van der Waals surface area (Å²) in [5.74, 6) is -0.434. The second kappa shape index (κ2) is 4.67. The third-order valence-corrected chi connectivity index (χ3v) is 2.28. The molecule has 0 bridgehead atoms. The number of para-hydroxylation sites is 1. The van der Waals surface area contributed by atoms with Crippen LogP contribution in [-0.2, 0) is 4.79 Å². The van der Waals surface area contributed by atoms with Gasteiger partial charge in [-0.15, -0.1) is 0 Å². The van der Waals surface area contributed by atoms with Crippen LogP contribution in [0.3, 0.4) is 0 Å². The van der Waals surface area contributed by atoms with Crippen molar-refractivity contribution in [1.29, 1.82) is 0 Å². The number of hydroxylamine groups is 1. The van der Waals surface area contributed by atoms with E-state index in [2.05, 4.69) is 0 Å². The van der Waals surface area contributed by atoms with Gasteiger partial charge in [0, 0.05) is 17.8 Å². The second-order valence-corrected chi connectivity index (χ2v) is 3.53. The lowest BCUT2D eigenvalue weighted by molar-refractivity contribution is -0.110. The van der Waals surface area contributed by atoms with Crippen molar-refractivity contribution in [3.8, 4) is 0 Å². The van der Waals surface area contributed by atoms with Crippen LogP contribution in [0, 0.1) is 0 Å². The van der Waals surface area contributed by atoms with Gasteiger partial charge in [-0.1, -0.05) is 18.2 Å². The van der Waals surface area contributed by atoms with Gasteiger partial charge in [-0.3, -0.25) is 10.0 Å². The van der Waals surface area contributed by atoms with Crippen LogP contribution < -0.4 is 5.06 Å². The Bertz CT molecular complexity index is 515. The molecule has 0 saturated carbocycles. The number of carbonyl (C=O) groups excluding carboxylic acids is 1. The minimum Gasteiger partial charge on any atom is -0.507 e. The van der Waals surface area contributed by atoms with Gasteiger partial charge in [0.05, 0.1) is 5.69 Å². The van der Waals surface area contributed by atoms with Crippen LogP contribution in [0.25, 0.3) is 0 Å². The van der Waals surface area contributed by atoms with Crippen LogP contribution in [0.2, 0.25) is 0 Å². The maximum Gasteiger partial charge on any atom is 0.182 e. The first-order valence-electron chi connectivity index (χ1n) is 5.05. The van der Waals surface area contributed by atoms with Crippen LogP contribution in [0.4, 0.5) is 5.69 Å². The number of allylic oxidation sites excluding steroid dienone is 3. The Labute approximate surface area is 98.4 Å². The fourth-order valence-electron chi connectivity index (χ4n) is 1.42. The maximum absolute atomic E-state index is 10.9. The molecule has 0 amide bonds. The minimum atomic E-state index is -0.274. The lowest BCUT2D eigenvalue weighted by Crippen LogP contribution is -2.11. The average molecular weight is 229 g/mol. The maximum atomic E-state index is 10.9. The predicted octanol–water partition coefficient (Wildman–Crippen LogP) is 2.35. The molecule has 0 radical (unpaired) electrons. The van der Waals surface area contributed by atoms with E-state index in [9.17, 15) is 15.1 Å². The third-order valence-electron chi connectivity index (χ3n) is 2.28. The average Bonchev–Trinajstić information content (AvgIpc) is 2.34. The summed E-state index contributed by atoms with van der Waals surface area (Å²) in [6, 6.07) is 8.84. The van der Waals surface area contributed by atoms with Crippen molar-refractivity contribution in [2.75, 3.05) is 5.06 Å². The number of rotatable bonds is 2. The van der Waals surface area contributed by atoms with Crippen molar-refractivity contribution in [3.63, 3.8) is 0 Å². The van der Waals surface area contributed by atoms with Crippen molar-refractivity contribution in [2.24, 2.45) is 0 Å². The van der Waals surface area contributed by atoms with E-state index in [4.69, 9.17) is 0 Å². The van der Waals surface area contributed by atoms with Gasteiger partial charge in [-0.25, -0.2) is 5.06 Å². The second-order valence-electron chi connectivity index (χ2n) is 3.53. The van der Waals surface area contributed by atoms with Gasteiger partial charge >= 0.3 is 0 Å². The SMILES string of the molecule is O=C1C=CC(=CN(O)c2ccccc2)C(O)=C1. The highest BCUT2D eigenvalue weighted by atomic mass is 16.5. The van der Waals surface area contributed by atoms with Gasteiger partial charge in [0.2, 0.25) is 0 Å². The lowest BCUT2D eigenvalue weighted by Gasteiger charge is -2.14. The summed E-state index contributed by atoms with van der Waals surface area (Å²) >= 11 is 0. The van der Waals surface area contributed by atoms with Crippen LogP contribution in [0.1, 0.15) is 0 Å². The van der Waals surface area contributed by atoms with E-state index in [0.29, 0.717) is 11.3 Å². The van der Waals surface area contributed by atoms with Crippen molar-refractivity contribution in [1.82, 2.24) is 0 Å². The molecule has 0 saturated heterocycles. The van der Waals surface area contributed by atoms with E-state index in [1.54, 1.807) is 24.3 Å². The number of aliphatic hydroxyl groups excluding tert-OH is 1. The zero-order chi connectivity index (χ0) is 12.3. The Morgan fingerprint density at radius 1 is 1.12 bits per heavy atom. The van der Waals surface area contributed by atoms with Crippen molar-refractivity contribution in [3.05, 3.63) is 66.1 Å². The molecular formula is C13H11NO3. The quantitative estimate of drug-likeness (QED) is 0.764. The number of ketones is 1. The zero-order valence-corrected chi connectivity index (χ0v) is 8.95. The van der Waals surface area contributed by atoms with E-state index < -0.39 is 0 Å². The van der Waals surface area contributed by atoms with Crippen LogP contribution in [0.5, 0.6) is 0 Å². The van der Waals surface area contributed by atoms with Crippen LogP contribution in [-0.4, -0.2) is 16.1 Å². The molecule has 1 aliphatic carbocycles. The van der Waals surface area contributed by atoms with E-state index in [1.807, 2.05) is 6.07 Å². The topological polar surface area (TPSA) is 60.8 Å². The molecule has 0 fully saturated rings. The highest BCUT2D eigenvalue weighted by Gasteiger charge is 2.10. The monoisotopic (exact) mass is 229 g/mol. The molecule has 0 aromatic heterocycles. The van der Waals surface area contributed by atoms with E-state index in [0.717, 1.165) is 11.1 Å². The molecule has 0 atom stereocenters. The Morgan fingerprint density at radius 3 is 2.47 bits per heavy atom. The van der Waals surface area contributed by atoms with Gasteiger partial charge in [0.1, 0.15) is 5.76 Å². The van der Waals surface area contributed by atoms with E-state index in [-0.39, 0.29) is 11.5 Å². The Hall–Kier alpha value is -2.33. The molecule has 4 nitrogen and oxygen atoms in total. The number of benzene rings is 1. The third kappa shape index (κ3) is 2.62. The van der Waals surface area contributed by atoms with Gasteiger partial charge in [-0.05, 0) is 24.3 Å². The molecular weight excluding hydrogens is 218 g/mol. The Morgan fingerprint density at radius 2 is 1.82 bits per heavy atom. The fourth-order valence-corrected chi connectivity index (χ4v) is 1.42. The Kier molecular flexibility index (Phi) is 3.07. The highest BCUT2D eigenvalue weighted by molar-refractivity contribution is 6.01. The molecule has 86 valence electrons. The molecule has 0 unspecified atom stereocenters. The number of aliphatic hydroxyl groups is 1. The van der Waals surface area contributed by atoms with Gasteiger partial charge < -0.3 is 5.11 Å². The molecule has 2 rings (SSSR count). The van der Waals surface area contributed by atoms with Crippen LogP contribution in [0.15, 0.2) is 66.1 Å².